The highest BCUT2D eigenvalue weighted by molar-refractivity contribution is 5.93. The number of fused-ring (bicyclic) bond motifs is 1. The fraction of sp³-hybridized carbons (Fsp3) is 0.208. The van der Waals surface area contributed by atoms with Crippen molar-refractivity contribution in [2.75, 3.05) is 12.4 Å². The highest BCUT2D eigenvalue weighted by Crippen LogP contribution is 2.31. The normalized spacial score (nSPS) is 10.6. The number of hydrogen-bond acceptors (Lipinski definition) is 3. The minimum atomic E-state index is 0. The first-order valence-corrected chi connectivity index (χ1v) is 9.52. The van der Waals surface area contributed by atoms with Gasteiger partial charge in [-0.05, 0) is 48.7 Å². The van der Waals surface area contributed by atoms with E-state index in [1.54, 1.807) is 7.11 Å². The van der Waals surface area contributed by atoms with Gasteiger partial charge in [0.1, 0.15) is 5.75 Å². The van der Waals surface area contributed by atoms with E-state index in [1.165, 1.54) is 27.8 Å². The number of ether oxygens (including phenoxy) is 1. The lowest BCUT2D eigenvalue weighted by Crippen LogP contribution is -2.07. The van der Waals surface area contributed by atoms with Crippen LogP contribution in [0, 0.1) is 13.8 Å². The predicted molar refractivity (Wildman–Crippen MR) is 122 cm³/mol. The van der Waals surface area contributed by atoms with Crippen molar-refractivity contribution in [3.63, 3.8) is 0 Å². The molecular weight excluding hydrogens is 382 g/mol. The van der Waals surface area contributed by atoms with E-state index in [9.17, 15) is 0 Å². The molecule has 0 spiro atoms. The van der Waals surface area contributed by atoms with Gasteiger partial charge in [0.05, 0.1) is 12.6 Å². The molecule has 4 nitrogen and oxygen atoms in total. The van der Waals surface area contributed by atoms with Crippen LogP contribution in [0.2, 0.25) is 0 Å². The van der Waals surface area contributed by atoms with Gasteiger partial charge in [0.2, 0.25) is 0 Å². The first kappa shape index (κ1) is 20.7. The van der Waals surface area contributed by atoms with E-state index in [4.69, 9.17) is 4.74 Å². The van der Waals surface area contributed by atoms with E-state index in [-0.39, 0.29) is 12.4 Å². The average molecular weight is 408 g/mol. The molecule has 0 unspecified atom stereocenters. The Labute approximate surface area is 178 Å². The summed E-state index contributed by atoms with van der Waals surface area (Å²) in [6.45, 7) is 5.88. The molecule has 0 atom stereocenters. The largest absolute Gasteiger partial charge is 0.497 e. The van der Waals surface area contributed by atoms with Crippen molar-refractivity contribution >= 4 is 29.1 Å². The van der Waals surface area contributed by atoms with E-state index in [0.717, 1.165) is 30.2 Å². The lowest BCUT2D eigenvalue weighted by atomic mass is 10.2. The zero-order valence-electron chi connectivity index (χ0n) is 17.0. The topological polar surface area (TPSA) is 39.1 Å². The molecule has 0 saturated carbocycles. The molecular formula is C24H26ClN3O. The summed E-state index contributed by atoms with van der Waals surface area (Å²) in [6.07, 6.45) is 1.89. The number of halogens is 1. The number of rotatable bonds is 6. The van der Waals surface area contributed by atoms with E-state index in [0.29, 0.717) is 0 Å². The Balaban J connectivity index is 0.00000240. The van der Waals surface area contributed by atoms with Crippen molar-refractivity contribution in [3.05, 3.63) is 89.2 Å². The molecule has 2 aromatic heterocycles. The van der Waals surface area contributed by atoms with Gasteiger partial charge >= 0.3 is 0 Å². The molecule has 2 aromatic carbocycles. The number of anilines is 1. The van der Waals surface area contributed by atoms with E-state index >= 15 is 0 Å². The van der Waals surface area contributed by atoms with Gasteiger partial charge in [-0.15, -0.1) is 12.4 Å². The first-order chi connectivity index (χ1) is 13.7. The Hall–Kier alpha value is -2.98. The number of benzene rings is 2. The molecule has 0 fully saturated rings. The lowest BCUT2D eigenvalue weighted by Gasteiger charge is -2.13. The fourth-order valence-electron chi connectivity index (χ4n) is 3.66. The van der Waals surface area contributed by atoms with Crippen molar-refractivity contribution in [2.45, 2.75) is 26.9 Å². The number of pyridine rings is 1. The van der Waals surface area contributed by atoms with Crippen molar-refractivity contribution < 1.29 is 4.74 Å². The Bertz CT molecular complexity index is 1110. The second kappa shape index (κ2) is 9.01. The van der Waals surface area contributed by atoms with Gasteiger partial charge in [0.15, 0.2) is 5.82 Å². The van der Waals surface area contributed by atoms with E-state index in [2.05, 4.69) is 71.2 Å². The Morgan fingerprint density at radius 2 is 1.72 bits per heavy atom. The molecule has 150 valence electrons. The van der Waals surface area contributed by atoms with Crippen LogP contribution < -0.4 is 10.1 Å². The Morgan fingerprint density at radius 1 is 0.966 bits per heavy atom. The summed E-state index contributed by atoms with van der Waals surface area (Å²) < 4.78 is 7.74. The summed E-state index contributed by atoms with van der Waals surface area (Å²) in [5.74, 6) is 1.80. The summed E-state index contributed by atoms with van der Waals surface area (Å²) in [5, 5.41) is 4.78. The van der Waals surface area contributed by atoms with Crippen LogP contribution in [0.5, 0.6) is 5.75 Å². The maximum Gasteiger partial charge on any atom is 0.150 e. The number of hydrogen-bond donors (Lipinski definition) is 1. The summed E-state index contributed by atoms with van der Waals surface area (Å²) in [6, 6.07) is 20.7. The molecule has 0 aliphatic heterocycles. The molecule has 4 rings (SSSR count). The third-order valence-corrected chi connectivity index (χ3v) is 5.32. The van der Waals surface area contributed by atoms with Crippen LogP contribution in [0.1, 0.15) is 22.4 Å². The zero-order chi connectivity index (χ0) is 19.5. The zero-order valence-corrected chi connectivity index (χ0v) is 17.8. The maximum atomic E-state index is 5.39. The van der Waals surface area contributed by atoms with Gasteiger partial charge in [-0.3, -0.25) is 0 Å². The molecule has 4 aromatic rings. The quantitative estimate of drug-likeness (QED) is 0.442. The molecule has 0 bridgehead atoms. The average Bonchev–Trinajstić information content (AvgIpc) is 2.98. The molecule has 5 heteroatoms. The van der Waals surface area contributed by atoms with Crippen molar-refractivity contribution in [3.8, 4) is 5.75 Å². The number of nitrogens with zero attached hydrogens (tertiary/aromatic N) is 2. The SMILES string of the molecule is COc1cccc(Cn2c(C)c(C)c3ccnc(NCc4ccccc4)c32)c1.Cl. The summed E-state index contributed by atoms with van der Waals surface area (Å²) >= 11 is 0. The van der Waals surface area contributed by atoms with Crippen molar-refractivity contribution in [1.29, 1.82) is 0 Å². The van der Waals surface area contributed by atoms with Crippen LogP contribution in [0.25, 0.3) is 10.9 Å². The van der Waals surface area contributed by atoms with Crippen molar-refractivity contribution in [1.82, 2.24) is 9.55 Å². The van der Waals surface area contributed by atoms with Gasteiger partial charge in [0.25, 0.3) is 0 Å². The number of aryl methyl sites for hydroxylation is 1. The smallest absolute Gasteiger partial charge is 0.150 e. The van der Waals surface area contributed by atoms with Gasteiger partial charge in [-0.25, -0.2) is 4.98 Å². The highest BCUT2D eigenvalue weighted by atomic mass is 35.5. The van der Waals surface area contributed by atoms with Gasteiger partial charge < -0.3 is 14.6 Å². The first-order valence-electron chi connectivity index (χ1n) is 9.52. The molecule has 1 N–H and O–H groups in total. The third kappa shape index (κ3) is 4.22. The lowest BCUT2D eigenvalue weighted by molar-refractivity contribution is 0.414. The van der Waals surface area contributed by atoms with Gasteiger partial charge in [-0.2, -0.15) is 0 Å². The van der Waals surface area contributed by atoms with Crippen LogP contribution in [-0.4, -0.2) is 16.7 Å². The fourth-order valence-corrected chi connectivity index (χ4v) is 3.66. The second-order valence-corrected chi connectivity index (χ2v) is 7.04. The van der Waals surface area contributed by atoms with E-state index in [1.807, 2.05) is 24.4 Å². The minimum Gasteiger partial charge on any atom is -0.497 e. The molecule has 0 aliphatic rings. The predicted octanol–water partition coefficient (Wildman–Crippen LogP) is 5.74. The Kier molecular flexibility index (Phi) is 6.45. The molecule has 2 heterocycles. The number of nitrogens with one attached hydrogen (secondary N) is 1. The molecule has 0 aliphatic carbocycles. The van der Waals surface area contributed by atoms with Crippen LogP contribution >= 0.6 is 12.4 Å². The van der Waals surface area contributed by atoms with Crippen LogP contribution in [-0.2, 0) is 13.1 Å². The monoisotopic (exact) mass is 407 g/mol. The van der Waals surface area contributed by atoms with Crippen LogP contribution in [0.4, 0.5) is 5.82 Å². The maximum absolute atomic E-state index is 5.39. The summed E-state index contributed by atoms with van der Waals surface area (Å²) in [5.41, 5.74) is 6.14. The van der Waals surface area contributed by atoms with Crippen LogP contribution in [0.3, 0.4) is 0 Å². The molecule has 29 heavy (non-hydrogen) atoms. The number of aromatic nitrogens is 2. The molecule has 0 radical (unpaired) electrons. The summed E-state index contributed by atoms with van der Waals surface area (Å²) in [4.78, 5) is 4.66. The van der Waals surface area contributed by atoms with Crippen LogP contribution in [0.15, 0.2) is 66.9 Å². The second-order valence-electron chi connectivity index (χ2n) is 7.04. The van der Waals surface area contributed by atoms with Gasteiger partial charge in [-0.1, -0.05) is 42.5 Å². The molecule has 0 saturated heterocycles. The highest BCUT2D eigenvalue weighted by Gasteiger charge is 2.15. The van der Waals surface area contributed by atoms with E-state index < -0.39 is 0 Å². The number of methoxy groups -OCH3 is 1. The van der Waals surface area contributed by atoms with Gasteiger partial charge in [0, 0.05) is 30.4 Å². The molecule has 0 amide bonds. The summed E-state index contributed by atoms with van der Waals surface area (Å²) in [7, 11) is 1.70. The minimum absolute atomic E-state index is 0. The van der Waals surface area contributed by atoms with Crippen molar-refractivity contribution in [2.24, 2.45) is 0 Å². The standard InChI is InChI=1S/C24H25N3O.ClH/c1-17-18(2)27(16-20-10-7-11-21(14-20)28-3)23-22(17)12-13-25-24(23)26-15-19-8-5-4-6-9-19;/h4-14H,15-16H2,1-3H3,(H,25,26);1H. The Morgan fingerprint density at radius 3 is 2.48 bits per heavy atom. The third-order valence-electron chi connectivity index (χ3n) is 5.32.